The lowest BCUT2D eigenvalue weighted by Crippen LogP contribution is -2.34. The van der Waals surface area contributed by atoms with Crippen LogP contribution in [0, 0.1) is 6.92 Å². The van der Waals surface area contributed by atoms with Crippen LogP contribution in [0.4, 0.5) is 5.69 Å². The summed E-state index contributed by atoms with van der Waals surface area (Å²) >= 11 is 0. The van der Waals surface area contributed by atoms with Crippen molar-refractivity contribution in [2.75, 3.05) is 12.4 Å². The number of rotatable bonds is 5. The van der Waals surface area contributed by atoms with Crippen molar-refractivity contribution in [1.82, 2.24) is 14.8 Å². The highest BCUT2D eigenvalue weighted by molar-refractivity contribution is 6.39. The van der Waals surface area contributed by atoms with Crippen LogP contribution in [0.2, 0.25) is 0 Å². The van der Waals surface area contributed by atoms with Crippen LogP contribution < -0.4 is 21.0 Å². The van der Waals surface area contributed by atoms with Gasteiger partial charge in [0.15, 0.2) is 0 Å². The SMILES string of the molecule is COc1ccc(/C(C)=N/NC(=O)C(=O)Nc2c(C)n(C)n(-c3ccccc3)c2=O)cc1. The Hall–Kier alpha value is -4.14. The molecule has 9 nitrogen and oxygen atoms in total. The first-order valence-electron chi connectivity index (χ1n) is 9.47. The average molecular weight is 421 g/mol. The van der Waals surface area contributed by atoms with Gasteiger partial charge in [0.2, 0.25) is 0 Å². The van der Waals surface area contributed by atoms with Gasteiger partial charge in [0.05, 0.1) is 24.2 Å². The molecular formula is C22H23N5O4. The number of nitrogens with one attached hydrogen (secondary N) is 2. The van der Waals surface area contributed by atoms with Gasteiger partial charge in [0, 0.05) is 7.05 Å². The first-order chi connectivity index (χ1) is 14.8. The van der Waals surface area contributed by atoms with Gasteiger partial charge in [-0.1, -0.05) is 18.2 Å². The van der Waals surface area contributed by atoms with Gasteiger partial charge >= 0.3 is 11.8 Å². The number of anilines is 1. The van der Waals surface area contributed by atoms with Crippen LogP contribution in [0.15, 0.2) is 64.5 Å². The number of nitrogens with zero attached hydrogens (tertiary/aromatic N) is 3. The normalized spacial score (nSPS) is 11.2. The standard InChI is InChI=1S/C22H23N5O4/c1-14(16-10-12-18(31-4)13-11-16)24-25-21(29)20(28)23-19-15(2)26(3)27(22(19)30)17-8-6-5-7-9-17/h5-13H,1-4H3,(H,23,28)(H,25,29)/b24-14+. The van der Waals surface area contributed by atoms with E-state index in [9.17, 15) is 14.4 Å². The largest absolute Gasteiger partial charge is 0.497 e. The van der Waals surface area contributed by atoms with Gasteiger partial charge in [-0.05, 0) is 55.8 Å². The number of hydrogen-bond donors (Lipinski definition) is 2. The Morgan fingerprint density at radius 2 is 1.65 bits per heavy atom. The van der Waals surface area contributed by atoms with Crippen LogP contribution in [0.3, 0.4) is 0 Å². The van der Waals surface area contributed by atoms with E-state index in [1.165, 1.54) is 4.68 Å². The van der Waals surface area contributed by atoms with Crippen molar-refractivity contribution < 1.29 is 14.3 Å². The Morgan fingerprint density at radius 1 is 1.00 bits per heavy atom. The zero-order valence-electron chi connectivity index (χ0n) is 17.7. The van der Waals surface area contributed by atoms with E-state index in [4.69, 9.17) is 4.74 Å². The van der Waals surface area contributed by atoms with Gasteiger partial charge in [-0.3, -0.25) is 19.1 Å². The number of benzene rings is 2. The van der Waals surface area contributed by atoms with E-state index in [1.807, 2.05) is 6.07 Å². The molecule has 2 N–H and O–H groups in total. The lowest BCUT2D eigenvalue weighted by atomic mass is 10.1. The number of para-hydroxylation sites is 1. The Morgan fingerprint density at radius 3 is 2.26 bits per heavy atom. The third kappa shape index (κ3) is 4.55. The minimum atomic E-state index is -0.989. The number of hydrogen-bond acceptors (Lipinski definition) is 5. The highest BCUT2D eigenvalue weighted by Crippen LogP contribution is 2.14. The number of carbonyl (C=O) groups is 2. The Balaban J connectivity index is 1.74. The van der Waals surface area contributed by atoms with Crippen molar-refractivity contribution in [3.05, 3.63) is 76.2 Å². The molecule has 0 aliphatic rings. The molecular weight excluding hydrogens is 398 g/mol. The smallest absolute Gasteiger partial charge is 0.329 e. The average Bonchev–Trinajstić information content (AvgIpc) is 3.00. The predicted octanol–water partition coefficient (Wildman–Crippen LogP) is 1.97. The molecule has 3 aromatic rings. The zero-order valence-corrected chi connectivity index (χ0v) is 17.7. The molecule has 0 spiro atoms. The summed E-state index contributed by atoms with van der Waals surface area (Å²) in [4.78, 5) is 37.4. The van der Waals surface area contributed by atoms with Crippen LogP contribution in [-0.4, -0.2) is 34.0 Å². The van der Waals surface area contributed by atoms with Crippen molar-refractivity contribution in [3.8, 4) is 11.4 Å². The van der Waals surface area contributed by atoms with Gasteiger partial charge in [0.1, 0.15) is 11.4 Å². The molecule has 160 valence electrons. The zero-order chi connectivity index (χ0) is 22.5. The summed E-state index contributed by atoms with van der Waals surface area (Å²) < 4.78 is 8.12. The number of aromatic nitrogens is 2. The van der Waals surface area contributed by atoms with Crippen molar-refractivity contribution in [2.45, 2.75) is 13.8 Å². The molecule has 2 aromatic carbocycles. The molecule has 0 fully saturated rings. The summed E-state index contributed by atoms with van der Waals surface area (Å²) in [6.45, 7) is 3.38. The van der Waals surface area contributed by atoms with Crippen LogP contribution in [-0.2, 0) is 16.6 Å². The van der Waals surface area contributed by atoms with E-state index in [-0.39, 0.29) is 5.69 Å². The van der Waals surface area contributed by atoms with Gasteiger partial charge in [-0.25, -0.2) is 10.1 Å². The molecule has 0 atom stereocenters. The summed E-state index contributed by atoms with van der Waals surface area (Å²) in [7, 11) is 3.26. The van der Waals surface area contributed by atoms with Gasteiger partial charge in [-0.2, -0.15) is 5.10 Å². The number of ether oxygens (including phenoxy) is 1. The summed E-state index contributed by atoms with van der Waals surface area (Å²) in [5.41, 5.74) is 4.21. The van der Waals surface area contributed by atoms with Crippen LogP contribution in [0.5, 0.6) is 5.75 Å². The maximum Gasteiger partial charge on any atom is 0.329 e. The van der Waals surface area contributed by atoms with Crippen LogP contribution >= 0.6 is 0 Å². The Labute approximate surface area is 178 Å². The van der Waals surface area contributed by atoms with Crippen molar-refractivity contribution in [3.63, 3.8) is 0 Å². The lowest BCUT2D eigenvalue weighted by molar-refractivity contribution is -0.136. The van der Waals surface area contributed by atoms with E-state index in [0.717, 1.165) is 5.56 Å². The molecule has 31 heavy (non-hydrogen) atoms. The fourth-order valence-electron chi connectivity index (χ4n) is 2.96. The second-order valence-corrected chi connectivity index (χ2v) is 6.76. The van der Waals surface area contributed by atoms with Crippen LogP contribution in [0.25, 0.3) is 5.69 Å². The fraction of sp³-hybridized carbons (Fsp3) is 0.182. The van der Waals surface area contributed by atoms with Crippen LogP contribution in [0.1, 0.15) is 18.2 Å². The van der Waals surface area contributed by atoms with E-state index in [1.54, 1.807) is 81.2 Å². The third-order valence-corrected chi connectivity index (χ3v) is 4.83. The number of carbonyl (C=O) groups excluding carboxylic acids is 2. The molecule has 0 unspecified atom stereocenters. The quantitative estimate of drug-likeness (QED) is 0.373. The Kier molecular flexibility index (Phi) is 6.35. The van der Waals surface area contributed by atoms with Gasteiger partial charge in [-0.15, -0.1) is 0 Å². The van der Waals surface area contributed by atoms with E-state index >= 15 is 0 Å². The van der Waals surface area contributed by atoms with Crippen molar-refractivity contribution in [2.24, 2.45) is 12.1 Å². The number of hydrazone groups is 1. The highest BCUT2D eigenvalue weighted by atomic mass is 16.5. The summed E-state index contributed by atoms with van der Waals surface area (Å²) in [5.74, 6) is -1.28. The first kappa shape index (κ1) is 21.6. The summed E-state index contributed by atoms with van der Waals surface area (Å²) in [6.07, 6.45) is 0. The molecule has 2 amide bonds. The second kappa shape index (κ2) is 9.12. The summed E-state index contributed by atoms with van der Waals surface area (Å²) in [6, 6.07) is 16.1. The second-order valence-electron chi connectivity index (χ2n) is 6.76. The minimum Gasteiger partial charge on any atom is -0.497 e. The topological polar surface area (TPSA) is 107 Å². The maximum atomic E-state index is 12.8. The van der Waals surface area contributed by atoms with E-state index in [0.29, 0.717) is 22.8 Å². The third-order valence-electron chi connectivity index (χ3n) is 4.83. The van der Waals surface area contributed by atoms with Gasteiger partial charge in [0.25, 0.3) is 5.56 Å². The molecule has 0 saturated heterocycles. The molecule has 1 aromatic heterocycles. The number of methoxy groups -OCH3 is 1. The monoisotopic (exact) mass is 421 g/mol. The summed E-state index contributed by atoms with van der Waals surface area (Å²) in [5, 5.41) is 6.35. The van der Waals surface area contributed by atoms with E-state index < -0.39 is 17.4 Å². The molecule has 1 heterocycles. The Bertz CT molecular complexity index is 1190. The molecule has 0 saturated carbocycles. The van der Waals surface area contributed by atoms with Crippen molar-refractivity contribution in [1.29, 1.82) is 0 Å². The molecule has 0 aliphatic carbocycles. The minimum absolute atomic E-state index is 0.0300. The van der Waals surface area contributed by atoms with Crippen molar-refractivity contribution >= 4 is 23.2 Å². The molecule has 0 bridgehead atoms. The fourth-order valence-corrected chi connectivity index (χ4v) is 2.96. The molecule has 3 rings (SSSR count). The van der Waals surface area contributed by atoms with Gasteiger partial charge < -0.3 is 10.1 Å². The highest BCUT2D eigenvalue weighted by Gasteiger charge is 2.21. The maximum absolute atomic E-state index is 12.8. The lowest BCUT2D eigenvalue weighted by Gasteiger charge is -2.07. The van der Waals surface area contributed by atoms with E-state index in [2.05, 4.69) is 15.8 Å². The molecule has 9 heteroatoms. The first-order valence-corrected chi connectivity index (χ1v) is 9.47. The molecule has 0 aliphatic heterocycles. The predicted molar refractivity (Wildman–Crippen MR) is 118 cm³/mol. The number of amides is 2. The molecule has 0 radical (unpaired) electrons.